The maximum atomic E-state index is 4.26. The average Bonchev–Trinajstić information content (AvgIpc) is 2.79. The minimum absolute atomic E-state index is 0.823. The van der Waals surface area contributed by atoms with E-state index < -0.39 is 0 Å². The zero-order chi connectivity index (χ0) is 12.1. The number of likely N-dealkylation sites (tertiary alicyclic amines) is 1. The van der Waals surface area contributed by atoms with Gasteiger partial charge >= 0.3 is 0 Å². The number of hydrogen-bond donors (Lipinski definition) is 1. The Morgan fingerprint density at radius 1 is 1.41 bits per heavy atom. The summed E-state index contributed by atoms with van der Waals surface area (Å²) in [7, 11) is 2.20. The molecule has 0 radical (unpaired) electrons. The number of nitrogens with zero attached hydrogens (tertiary/aromatic N) is 4. The van der Waals surface area contributed by atoms with Crippen LogP contribution < -0.4 is 5.32 Å². The monoisotopic (exact) mass is 237 g/mol. The Hall–Kier alpha value is -0.940. The van der Waals surface area contributed by atoms with Crippen LogP contribution in [0.1, 0.15) is 25.6 Å². The van der Waals surface area contributed by atoms with E-state index in [-0.39, 0.29) is 0 Å². The van der Waals surface area contributed by atoms with Crippen molar-refractivity contribution in [2.45, 2.75) is 32.9 Å². The van der Waals surface area contributed by atoms with E-state index >= 15 is 0 Å². The van der Waals surface area contributed by atoms with Crippen LogP contribution in [-0.4, -0.2) is 46.3 Å². The van der Waals surface area contributed by atoms with Crippen LogP contribution in [0.15, 0.2) is 6.33 Å². The van der Waals surface area contributed by atoms with Gasteiger partial charge in [-0.3, -0.25) is 0 Å². The van der Waals surface area contributed by atoms with E-state index in [2.05, 4.69) is 34.3 Å². The van der Waals surface area contributed by atoms with Gasteiger partial charge in [0.1, 0.15) is 12.2 Å². The van der Waals surface area contributed by atoms with Gasteiger partial charge in [0.2, 0.25) is 0 Å². The molecule has 5 nitrogen and oxygen atoms in total. The smallest absolute Gasteiger partial charge is 0.140 e. The molecule has 0 amide bonds. The maximum absolute atomic E-state index is 4.26. The number of rotatable bonds is 5. The molecule has 0 aromatic carbocycles. The molecule has 0 spiro atoms. The number of nitrogens with one attached hydrogen (secondary N) is 1. The van der Waals surface area contributed by atoms with E-state index in [9.17, 15) is 0 Å². The molecule has 0 saturated carbocycles. The molecule has 17 heavy (non-hydrogen) atoms. The molecule has 1 aliphatic rings. The van der Waals surface area contributed by atoms with Crippen molar-refractivity contribution in [3.63, 3.8) is 0 Å². The molecule has 1 saturated heterocycles. The molecule has 5 heteroatoms. The predicted octanol–water partition coefficient (Wildman–Crippen LogP) is 0.729. The highest BCUT2D eigenvalue weighted by Gasteiger charge is 2.16. The lowest BCUT2D eigenvalue weighted by atomic mass is 9.97. The highest BCUT2D eigenvalue weighted by atomic mass is 15.3. The molecule has 1 aromatic rings. The summed E-state index contributed by atoms with van der Waals surface area (Å²) in [5.41, 5.74) is 0. The Bertz CT molecular complexity index is 327. The molecule has 0 atom stereocenters. The lowest BCUT2D eigenvalue weighted by molar-refractivity contribution is 0.215. The number of hydrogen-bond acceptors (Lipinski definition) is 4. The van der Waals surface area contributed by atoms with Crippen LogP contribution in [0.5, 0.6) is 0 Å². The van der Waals surface area contributed by atoms with Gasteiger partial charge in [-0.2, -0.15) is 5.10 Å². The second-order valence-electron chi connectivity index (χ2n) is 4.87. The predicted molar refractivity (Wildman–Crippen MR) is 67.6 cm³/mol. The van der Waals surface area contributed by atoms with Crippen molar-refractivity contribution in [2.24, 2.45) is 5.92 Å². The van der Waals surface area contributed by atoms with Crippen molar-refractivity contribution in [2.75, 3.05) is 26.7 Å². The molecule has 1 N–H and O–H groups in total. The first-order valence-corrected chi connectivity index (χ1v) is 6.55. The van der Waals surface area contributed by atoms with Gasteiger partial charge in [-0.15, -0.1) is 0 Å². The minimum Gasteiger partial charge on any atom is -0.310 e. The van der Waals surface area contributed by atoms with Crippen molar-refractivity contribution < 1.29 is 0 Å². The topological polar surface area (TPSA) is 46.0 Å². The van der Waals surface area contributed by atoms with E-state index in [1.807, 2.05) is 4.68 Å². The summed E-state index contributed by atoms with van der Waals surface area (Å²) in [6, 6.07) is 0. The van der Waals surface area contributed by atoms with Gasteiger partial charge in [0.25, 0.3) is 0 Å². The third-order valence-corrected chi connectivity index (χ3v) is 3.55. The van der Waals surface area contributed by atoms with Crippen molar-refractivity contribution in [3.8, 4) is 0 Å². The quantitative estimate of drug-likeness (QED) is 0.820. The van der Waals surface area contributed by atoms with Gasteiger partial charge in [-0.05, 0) is 52.4 Å². The Kier molecular flexibility index (Phi) is 4.50. The SMILES string of the molecule is CCn1ncnc1CNCC1CCN(C)CC1. The number of aromatic nitrogens is 3. The van der Waals surface area contributed by atoms with E-state index in [4.69, 9.17) is 0 Å². The van der Waals surface area contributed by atoms with E-state index in [0.29, 0.717) is 0 Å². The lowest BCUT2D eigenvalue weighted by Gasteiger charge is -2.28. The summed E-state index contributed by atoms with van der Waals surface area (Å²) in [6.45, 7) is 7.39. The Labute approximate surface area is 103 Å². The maximum Gasteiger partial charge on any atom is 0.140 e. The van der Waals surface area contributed by atoms with Gasteiger partial charge < -0.3 is 10.2 Å². The summed E-state index contributed by atoms with van der Waals surface area (Å²) in [5, 5.41) is 7.67. The first-order chi connectivity index (χ1) is 8.29. The number of piperidine rings is 1. The van der Waals surface area contributed by atoms with Gasteiger partial charge in [0.15, 0.2) is 0 Å². The third-order valence-electron chi connectivity index (χ3n) is 3.55. The third kappa shape index (κ3) is 3.51. The molecule has 0 bridgehead atoms. The Morgan fingerprint density at radius 2 is 2.18 bits per heavy atom. The van der Waals surface area contributed by atoms with Crippen LogP contribution in [0.4, 0.5) is 0 Å². The standard InChI is InChI=1S/C12H23N5/c1-3-17-12(14-10-15-17)9-13-8-11-4-6-16(2)7-5-11/h10-11,13H,3-9H2,1-2H3. The average molecular weight is 237 g/mol. The highest BCUT2D eigenvalue weighted by Crippen LogP contribution is 2.14. The second kappa shape index (κ2) is 6.12. The van der Waals surface area contributed by atoms with Crippen molar-refractivity contribution in [3.05, 3.63) is 12.2 Å². The number of aryl methyl sites for hydroxylation is 1. The van der Waals surface area contributed by atoms with Crippen molar-refractivity contribution >= 4 is 0 Å². The molecular weight excluding hydrogens is 214 g/mol. The van der Waals surface area contributed by atoms with Gasteiger partial charge in [-0.1, -0.05) is 0 Å². The fourth-order valence-corrected chi connectivity index (χ4v) is 2.34. The first kappa shape index (κ1) is 12.5. The second-order valence-corrected chi connectivity index (χ2v) is 4.87. The van der Waals surface area contributed by atoms with Gasteiger partial charge in [0.05, 0.1) is 6.54 Å². The minimum atomic E-state index is 0.823. The molecule has 96 valence electrons. The van der Waals surface area contributed by atoms with Gasteiger partial charge in [-0.25, -0.2) is 9.67 Å². The van der Waals surface area contributed by atoms with E-state index in [0.717, 1.165) is 31.4 Å². The summed E-state index contributed by atoms with van der Waals surface area (Å²) >= 11 is 0. The van der Waals surface area contributed by atoms with Crippen LogP contribution in [-0.2, 0) is 13.1 Å². The fraction of sp³-hybridized carbons (Fsp3) is 0.833. The Morgan fingerprint density at radius 3 is 2.88 bits per heavy atom. The van der Waals surface area contributed by atoms with Gasteiger partial charge in [0, 0.05) is 6.54 Å². The highest BCUT2D eigenvalue weighted by molar-refractivity contribution is 4.84. The first-order valence-electron chi connectivity index (χ1n) is 6.55. The van der Waals surface area contributed by atoms with Crippen LogP contribution in [0.3, 0.4) is 0 Å². The lowest BCUT2D eigenvalue weighted by Crippen LogP contribution is -2.35. The largest absolute Gasteiger partial charge is 0.310 e. The summed E-state index contributed by atoms with van der Waals surface area (Å²) in [5.74, 6) is 1.87. The van der Waals surface area contributed by atoms with Crippen molar-refractivity contribution in [1.29, 1.82) is 0 Å². The molecule has 0 aliphatic carbocycles. The van der Waals surface area contributed by atoms with Crippen LogP contribution in [0, 0.1) is 5.92 Å². The van der Waals surface area contributed by atoms with Crippen LogP contribution in [0.25, 0.3) is 0 Å². The zero-order valence-electron chi connectivity index (χ0n) is 10.9. The molecule has 0 unspecified atom stereocenters. The molecular formula is C12H23N5. The normalized spacial score (nSPS) is 18.7. The van der Waals surface area contributed by atoms with Crippen LogP contribution in [0.2, 0.25) is 0 Å². The fourth-order valence-electron chi connectivity index (χ4n) is 2.34. The summed E-state index contributed by atoms with van der Waals surface area (Å²) in [6.07, 6.45) is 4.25. The summed E-state index contributed by atoms with van der Waals surface area (Å²) in [4.78, 5) is 6.67. The van der Waals surface area contributed by atoms with Crippen LogP contribution >= 0.6 is 0 Å². The van der Waals surface area contributed by atoms with E-state index in [1.54, 1.807) is 6.33 Å². The molecule has 2 heterocycles. The molecule has 1 aromatic heterocycles. The Balaban J connectivity index is 1.69. The molecule has 1 fully saturated rings. The van der Waals surface area contributed by atoms with Crippen molar-refractivity contribution in [1.82, 2.24) is 25.0 Å². The van der Waals surface area contributed by atoms with E-state index in [1.165, 1.54) is 25.9 Å². The molecule has 2 rings (SSSR count). The zero-order valence-corrected chi connectivity index (χ0v) is 10.9. The molecule has 1 aliphatic heterocycles. The summed E-state index contributed by atoms with van der Waals surface area (Å²) < 4.78 is 1.95.